The molecule has 1 heterocycles. The van der Waals surface area contributed by atoms with Crippen molar-refractivity contribution in [2.75, 3.05) is 0 Å². The summed E-state index contributed by atoms with van der Waals surface area (Å²) in [5.41, 5.74) is 3.60. The van der Waals surface area contributed by atoms with Gasteiger partial charge in [-0.3, -0.25) is 4.68 Å². The van der Waals surface area contributed by atoms with Crippen molar-refractivity contribution in [3.05, 3.63) is 35.5 Å². The number of aryl methyl sites for hydroxylation is 2. The fourth-order valence-electron chi connectivity index (χ4n) is 2.26. The highest BCUT2D eigenvalue weighted by Gasteiger charge is 2.25. The molecule has 1 aromatic heterocycles. The molecule has 2 aromatic rings. The summed E-state index contributed by atoms with van der Waals surface area (Å²) in [6, 6.07) is 8.09. The number of hydrogen-bond donors (Lipinski definition) is 1. The van der Waals surface area contributed by atoms with Gasteiger partial charge in [-0.1, -0.05) is 31.2 Å². The second-order valence-electron chi connectivity index (χ2n) is 5.90. The van der Waals surface area contributed by atoms with Gasteiger partial charge in [0.05, 0.1) is 5.54 Å². The van der Waals surface area contributed by atoms with Gasteiger partial charge in [0.15, 0.2) is 5.75 Å². The molecule has 3 heteroatoms. The summed E-state index contributed by atoms with van der Waals surface area (Å²) in [4.78, 5) is 0. The lowest BCUT2D eigenvalue weighted by molar-refractivity contribution is 0.356. The first-order valence-corrected chi connectivity index (χ1v) is 6.73. The number of aromatic hydroxyl groups is 1. The van der Waals surface area contributed by atoms with Crippen molar-refractivity contribution in [1.82, 2.24) is 9.78 Å². The Morgan fingerprint density at radius 3 is 2.37 bits per heavy atom. The van der Waals surface area contributed by atoms with Crippen LogP contribution in [0.5, 0.6) is 5.75 Å². The van der Waals surface area contributed by atoms with E-state index in [4.69, 9.17) is 0 Å². The van der Waals surface area contributed by atoms with Gasteiger partial charge in [0, 0.05) is 5.56 Å². The van der Waals surface area contributed by atoms with Gasteiger partial charge >= 0.3 is 0 Å². The van der Waals surface area contributed by atoms with Crippen molar-refractivity contribution >= 4 is 0 Å². The monoisotopic (exact) mass is 258 g/mol. The van der Waals surface area contributed by atoms with Crippen LogP contribution in [-0.2, 0) is 12.0 Å². The summed E-state index contributed by atoms with van der Waals surface area (Å²) in [6.45, 7) is 10.4. The van der Waals surface area contributed by atoms with Gasteiger partial charge in [0.25, 0.3) is 0 Å². The second-order valence-corrected chi connectivity index (χ2v) is 5.90. The van der Waals surface area contributed by atoms with Gasteiger partial charge in [0.2, 0.25) is 0 Å². The normalized spacial score (nSPS) is 11.8. The standard InChI is InChI=1S/C16H22N2O/c1-6-13-15(19)14(18(17-13)16(3,4)5)12-10-8-7-9-11(12)2/h7-10,19H,6H2,1-5H3. The molecular formula is C16H22N2O. The van der Waals surface area contributed by atoms with E-state index in [1.165, 1.54) is 0 Å². The Morgan fingerprint density at radius 2 is 1.84 bits per heavy atom. The molecule has 0 aliphatic heterocycles. The minimum atomic E-state index is -0.164. The maximum atomic E-state index is 10.5. The molecular weight excluding hydrogens is 236 g/mol. The highest BCUT2D eigenvalue weighted by atomic mass is 16.3. The molecule has 0 spiro atoms. The summed E-state index contributed by atoms with van der Waals surface area (Å²) >= 11 is 0. The SMILES string of the molecule is CCc1nn(C(C)(C)C)c(-c2ccccc2C)c1O. The summed E-state index contributed by atoms with van der Waals surface area (Å²) in [6.07, 6.45) is 0.730. The zero-order chi connectivity index (χ0) is 14.2. The Balaban J connectivity index is 2.75. The molecule has 2 rings (SSSR count). The summed E-state index contributed by atoms with van der Waals surface area (Å²) in [5, 5.41) is 15.1. The minimum Gasteiger partial charge on any atom is -0.504 e. The quantitative estimate of drug-likeness (QED) is 0.887. The third kappa shape index (κ3) is 2.37. The molecule has 0 aliphatic rings. The van der Waals surface area contributed by atoms with E-state index in [1.54, 1.807) is 0 Å². The van der Waals surface area contributed by atoms with E-state index in [0.29, 0.717) is 5.75 Å². The topological polar surface area (TPSA) is 38.0 Å². The van der Waals surface area contributed by atoms with E-state index >= 15 is 0 Å². The van der Waals surface area contributed by atoms with Crippen molar-refractivity contribution in [1.29, 1.82) is 0 Å². The first-order valence-electron chi connectivity index (χ1n) is 6.73. The van der Waals surface area contributed by atoms with Crippen LogP contribution in [0.2, 0.25) is 0 Å². The maximum absolute atomic E-state index is 10.5. The molecule has 0 radical (unpaired) electrons. The average molecular weight is 258 g/mol. The second kappa shape index (κ2) is 4.72. The predicted octanol–water partition coefficient (Wildman–Crippen LogP) is 3.88. The van der Waals surface area contributed by atoms with Crippen molar-refractivity contribution < 1.29 is 5.11 Å². The number of aromatic nitrogens is 2. The molecule has 0 amide bonds. The summed E-state index contributed by atoms with van der Waals surface area (Å²) in [5.74, 6) is 0.312. The zero-order valence-corrected chi connectivity index (χ0v) is 12.4. The van der Waals surface area contributed by atoms with Gasteiger partial charge in [-0.05, 0) is 39.7 Å². The Hall–Kier alpha value is -1.77. The van der Waals surface area contributed by atoms with E-state index in [0.717, 1.165) is 28.9 Å². The minimum absolute atomic E-state index is 0.164. The summed E-state index contributed by atoms with van der Waals surface area (Å²) in [7, 11) is 0. The van der Waals surface area contributed by atoms with Crippen LogP contribution in [0.25, 0.3) is 11.3 Å². The van der Waals surface area contributed by atoms with Crippen molar-refractivity contribution in [2.24, 2.45) is 0 Å². The van der Waals surface area contributed by atoms with Crippen LogP contribution in [0.1, 0.15) is 39.0 Å². The Morgan fingerprint density at radius 1 is 1.21 bits per heavy atom. The zero-order valence-electron chi connectivity index (χ0n) is 12.4. The fraction of sp³-hybridized carbons (Fsp3) is 0.438. The number of nitrogens with zero attached hydrogens (tertiary/aromatic N) is 2. The van der Waals surface area contributed by atoms with Crippen molar-refractivity contribution in [3.63, 3.8) is 0 Å². The largest absolute Gasteiger partial charge is 0.504 e. The van der Waals surface area contributed by atoms with Gasteiger partial charge in [-0.25, -0.2) is 0 Å². The molecule has 0 saturated carbocycles. The van der Waals surface area contributed by atoms with Crippen molar-refractivity contribution in [2.45, 2.75) is 46.6 Å². The number of hydrogen-bond acceptors (Lipinski definition) is 2. The molecule has 0 fully saturated rings. The first-order chi connectivity index (χ1) is 8.86. The molecule has 0 bridgehead atoms. The molecule has 0 saturated heterocycles. The van der Waals surface area contributed by atoms with Gasteiger partial charge in [0.1, 0.15) is 11.4 Å². The van der Waals surface area contributed by atoms with Crippen LogP contribution in [-0.4, -0.2) is 14.9 Å². The molecule has 0 unspecified atom stereocenters. The highest BCUT2D eigenvalue weighted by Crippen LogP contribution is 2.37. The van der Waals surface area contributed by atoms with Crippen LogP contribution >= 0.6 is 0 Å². The molecule has 0 aliphatic carbocycles. The lowest BCUT2D eigenvalue weighted by Gasteiger charge is -2.23. The Kier molecular flexibility index (Phi) is 3.40. The van der Waals surface area contributed by atoms with E-state index in [1.807, 2.05) is 29.8 Å². The van der Waals surface area contributed by atoms with E-state index in [-0.39, 0.29) is 5.54 Å². The molecule has 0 atom stereocenters. The number of rotatable bonds is 2. The molecule has 3 nitrogen and oxygen atoms in total. The van der Waals surface area contributed by atoms with Crippen LogP contribution in [0, 0.1) is 6.92 Å². The van der Waals surface area contributed by atoms with Gasteiger partial charge in [-0.2, -0.15) is 5.10 Å². The molecule has 1 aromatic carbocycles. The van der Waals surface area contributed by atoms with E-state index in [9.17, 15) is 5.11 Å². The third-order valence-corrected chi connectivity index (χ3v) is 3.30. The maximum Gasteiger partial charge on any atom is 0.164 e. The van der Waals surface area contributed by atoms with Gasteiger partial charge in [-0.15, -0.1) is 0 Å². The average Bonchev–Trinajstić information content (AvgIpc) is 2.67. The summed E-state index contributed by atoms with van der Waals surface area (Å²) < 4.78 is 1.93. The fourth-order valence-corrected chi connectivity index (χ4v) is 2.26. The first kappa shape index (κ1) is 13.7. The lowest BCUT2D eigenvalue weighted by atomic mass is 10.0. The highest BCUT2D eigenvalue weighted by molar-refractivity contribution is 5.71. The lowest BCUT2D eigenvalue weighted by Crippen LogP contribution is -2.24. The predicted molar refractivity (Wildman–Crippen MR) is 78.4 cm³/mol. The third-order valence-electron chi connectivity index (χ3n) is 3.30. The van der Waals surface area contributed by atoms with Crippen LogP contribution in [0.4, 0.5) is 0 Å². The number of benzene rings is 1. The molecule has 19 heavy (non-hydrogen) atoms. The molecule has 102 valence electrons. The molecule has 1 N–H and O–H groups in total. The van der Waals surface area contributed by atoms with Crippen LogP contribution in [0.15, 0.2) is 24.3 Å². The van der Waals surface area contributed by atoms with E-state index in [2.05, 4.69) is 38.9 Å². The smallest absolute Gasteiger partial charge is 0.164 e. The Labute approximate surface area is 114 Å². The van der Waals surface area contributed by atoms with Crippen LogP contribution in [0.3, 0.4) is 0 Å². The van der Waals surface area contributed by atoms with Crippen molar-refractivity contribution in [3.8, 4) is 17.0 Å². The van der Waals surface area contributed by atoms with Crippen LogP contribution < -0.4 is 0 Å². The van der Waals surface area contributed by atoms with E-state index < -0.39 is 0 Å². The van der Waals surface area contributed by atoms with Gasteiger partial charge < -0.3 is 5.11 Å². The Bertz CT molecular complexity index is 591.